The van der Waals surface area contributed by atoms with Gasteiger partial charge in [0.1, 0.15) is 0 Å². The van der Waals surface area contributed by atoms with E-state index in [-0.39, 0.29) is 10.6 Å². The molecule has 0 radical (unpaired) electrons. The fraction of sp³-hybridized carbons (Fsp3) is 0.111. The summed E-state index contributed by atoms with van der Waals surface area (Å²) in [4.78, 5) is 0.130. The van der Waals surface area contributed by atoms with E-state index in [1.807, 2.05) is 0 Å². The molecule has 0 nitrogen and oxygen atoms in total. The number of halogens is 2. The van der Waals surface area contributed by atoms with Crippen molar-refractivity contribution in [3.05, 3.63) is 43.0 Å². The van der Waals surface area contributed by atoms with Crippen LogP contribution in [-0.4, -0.2) is 5.75 Å². The Hall–Kier alpha value is -0.830. The average Bonchev–Trinajstić information content (AvgIpc) is 2.06. The fourth-order valence-corrected chi connectivity index (χ4v) is 1.91. The van der Waals surface area contributed by atoms with Gasteiger partial charge < -0.3 is 0 Å². The van der Waals surface area contributed by atoms with Crippen LogP contribution < -0.4 is 0 Å². The van der Waals surface area contributed by atoms with E-state index in [0.29, 0.717) is 0 Å². The van der Waals surface area contributed by atoms with Crippen LogP contribution in [0.4, 0.5) is 7.77 Å². The molecule has 0 unspecified atom stereocenters. The molecular weight excluding hydrogens is 178 g/mol. The Morgan fingerprint density at radius 3 is 2.33 bits per heavy atom. The summed E-state index contributed by atoms with van der Waals surface area (Å²) in [7, 11) is -3.63. The predicted octanol–water partition coefficient (Wildman–Crippen LogP) is 3.81. The minimum absolute atomic E-state index is 0.130. The van der Waals surface area contributed by atoms with Crippen LogP contribution in [0.2, 0.25) is 0 Å². The van der Waals surface area contributed by atoms with E-state index >= 15 is 0 Å². The summed E-state index contributed by atoms with van der Waals surface area (Å²) >= 11 is 0. The summed E-state index contributed by atoms with van der Waals surface area (Å²) in [5.41, 5.74) is 0. The molecule has 0 aliphatic rings. The van der Waals surface area contributed by atoms with Gasteiger partial charge in [0.05, 0.1) is 16.6 Å². The van der Waals surface area contributed by atoms with Gasteiger partial charge in [-0.1, -0.05) is 24.3 Å². The highest BCUT2D eigenvalue weighted by atomic mass is 32.3. The third kappa shape index (κ3) is 2.08. The van der Waals surface area contributed by atoms with Crippen molar-refractivity contribution in [2.24, 2.45) is 0 Å². The standard InChI is InChI=1S/C9H10F2S/c1-2-8-12(10,11)9-6-4-3-5-7-9/h2-7H,1,8H2. The molecule has 0 bridgehead atoms. The zero-order valence-corrected chi connectivity index (χ0v) is 7.36. The van der Waals surface area contributed by atoms with Crippen molar-refractivity contribution in [3.63, 3.8) is 0 Å². The van der Waals surface area contributed by atoms with E-state index in [1.54, 1.807) is 18.2 Å². The lowest BCUT2D eigenvalue weighted by molar-refractivity contribution is 0.745. The van der Waals surface area contributed by atoms with Crippen LogP contribution in [0.15, 0.2) is 47.9 Å². The topological polar surface area (TPSA) is 0 Å². The van der Waals surface area contributed by atoms with Crippen LogP contribution >= 0.6 is 10.8 Å². The van der Waals surface area contributed by atoms with Crippen molar-refractivity contribution < 1.29 is 7.77 Å². The molecule has 12 heavy (non-hydrogen) atoms. The first kappa shape index (κ1) is 9.26. The predicted molar refractivity (Wildman–Crippen MR) is 49.6 cm³/mol. The van der Waals surface area contributed by atoms with Gasteiger partial charge in [0, 0.05) is 4.90 Å². The molecule has 0 N–H and O–H groups in total. The highest BCUT2D eigenvalue weighted by molar-refractivity contribution is 8.25. The first-order valence-corrected chi connectivity index (χ1v) is 5.13. The Morgan fingerprint density at radius 1 is 1.25 bits per heavy atom. The summed E-state index contributed by atoms with van der Waals surface area (Å²) < 4.78 is 26.3. The molecule has 0 spiro atoms. The SMILES string of the molecule is C=CCS(F)(F)c1ccccc1. The van der Waals surface area contributed by atoms with Gasteiger partial charge in [0.2, 0.25) is 0 Å². The minimum atomic E-state index is -3.63. The largest absolute Gasteiger partial charge is 0.153 e. The van der Waals surface area contributed by atoms with E-state index < -0.39 is 10.8 Å². The summed E-state index contributed by atoms with van der Waals surface area (Å²) in [6.07, 6.45) is 1.27. The van der Waals surface area contributed by atoms with Gasteiger partial charge in [0.15, 0.2) is 0 Å². The maximum Gasteiger partial charge on any atom is 0.0888 e. The van der Waals surface area contributed by atoms with Gasteiger partial charge in [0.25, 0.3) is 0 Å². The van der Waals surface area contributed by atoms with Crippen LogP contribution in [0.25, 0.3) is 0 Å². The molecule has 0 amide bonds. The van der Waals surface area contributed by atoms with Gasteiger partial charge in [-0.3, -0.25) is 0 Å². The smallest absolute Gasteiger partial charge is 0.0888 e. The third-order valence-electron chi connectivity index (χ3n) is 1.42. The Bertz CT molecular complexity index is 256. The lowest BCUT2D eigenvalue weighted by Crippen LogP contribution is -1.90. The second-order valence-corrected chi connectivity index (χ2v) is 4.30. The molecule has 0 saturated heterocycles. The summed E-state index contributed by atoms with van der Waals surface area (Å²) in [6.45, 7) is 3.31. The van der Waals surface area contributed by atoms with Gasteiger partial charge >= 0.3 is 0 Å². The summed E-state index contributed by atoms with van der Waals surface area (Å²) in [5.74, 6) is -0.225. The third-order valence-corrected chi connectivity index (χ3v) is 3.03. The van der Waals surface area contributed by atoms with Crippen LogP contribution in [0.3, 0.4) is 0 Å². The van der Waals surface area contributed by atoms with E-state index in [1.165, 1.54) is 18.2 Å². The number of hydrogen-bond acceptors (Lipinski definition) is 0. The molecule has 0 fully saturated rings. The van der Waals surface area contributed by atoms with Gasteiger partial charge in [-0.15, -0.1) is 6.58 Å². The highest BCUT2D eigenvalue weighted by Gasteiger charge is 2.22. The molecule has 0 heterocycles. The van der Waals surface area contributed by atoms with E-state index in [0.717, 1.165) is 0 Å². The van der Waals surface area contributed by atoms with Crippen molar-refractivity contribution in [2.45, 2.75) is 4.90 Å². The Balaban J connectivity index is 2.89. The van der Waals surface area contributed by atoms with Crippen molar-refractivity contribution in [2.75, 3.05) is 5.75 Å². The van der Waals surface area contributed by atoms with Gasteiger partial charge in [-0.05, 0) is 12.1 Å². The lowest BCUT2D eigenvalue weighted by atomic mass is 10.4. The molecule has 1 aromatic rings. The Kier molecular flexibility index (Phi) is 2.87. The molecule has 1 aromatic carbocycles. The zero-order chi connectivity index (χ0) is 9.03. The Labute approximate surface area is 72.8 Å². The van der Waals surface area contributed by atoms with Crippen LogP contribution in [0.1, 0.15) is 0 Å². The highest BCUT2D eigenvalue weighted by Crippen LogP contribution is 2.58. The molecule has 66 valence electrons. The van der Waals surface area contributed by atoms with Crippen LogP contribution in [-0.2, 0) is 0 Å². The van der Waals surface area contributed by atoms with E-state index in [4.69, 9.17) is 0 Å². The molecule has 1 rings (SSSR count). The van der Waals surface area contributed by atoms with Crippen molar-refractivity contribution in [1.82, 2.24) is 0 Å². The normalized spacial score (nSPS) is 12.5. The second kappa shape index (κ2) is 3.72. The number of hydrogen-bond donors (Lipinski definition) is 0. The van der Waals surface area contributed by atoms with Crippen molar-refractivity contribution >= 4 is 10.8 Å². The van der Waals surface area contributed by atoms with Gasteiger partial charge in [-0.25, -0.2) is 0 Å². The van der Waals surface area contributed by atoms with Gasteiger partial charge in [-0.2, -0.15) is 7.77 Å². The molecule has 0 atom stereocenters. The lowest BCUT2D eigenvalue weighted by Gasteiger charge is -2.18. The summed E-state index contributed by atoms with van der Waals surface area (Å²) in [5, 5.41) is 0. The zero-order valence-electron chi connectivity index (χ0n) is 6.54. The maximum absolute atomic E-state index is 13.2. The van der Waals surface area contributed by atoms with Crippen LogP contribution in [0, 0.1) is 0 Å². The van der Waals surface area contributed by atoms with Crippen molar-refractivity contribution in [1.29, 1.82) is 0 Å². The van der Waals surface area contributed by atoms with Crippen LogP contribution in [0.5, 0.6) is 0 Å². The molecule has 3 heteroatoms. The molecule has 0 aliphatic heterocycles. The quantitative estimate of drug-likeness (QED) is 0.633. The Morgan fingerprint density at radius 2 is 1.83 bits per heavy atom. The average molecular weight is 188 g/mol. The van der Waals surface area contributed by atoms with Crippen molar-refractivity contribution in [3.8, 4) is 0 Å². The molecule has 0 aromatic heterocycles. The van der Waals surface area contributed by atoms with E-state index in [9.17, 15) is 7.77 Å². The minimum Gasteiger partial charge on any atom is -0.153 e. The number of rotatable bonds is 3. The maximum atomic E-state index is 13.2. The second-order valence-electron chi connectivity index (χ2n) is 2.34. The molecule has 0 aliphatic carbocycles. The van der Waals surface area contributed by atoms with E-state index in [2.05, 4.69) is 6.58 Å². The molecule has 0 saturated carbocycles. The fourth-order valence-electron chi connectivity index (χ4n) is 0.864. The molecular formula is C9H10F2S. The monoisotopic (exact) mass is 188 g/mol. The first-order valence-electron chi connectivity index (χ1n) is 3.53. The number of benzene rings is 1. The first-order chi connectivity index (χ1) is 5.67. The summed E-state index contributed by atoms with van der Waals surface area (Å²) in [6, 6.07) is 7.89.